The Labute approximate surface area is 157 Å². The molecule has 2 heterocycles. The highest BCUT2D eigenvalue weighted by atomic mass is 32.2. The van der Waals surface area contributed by atoms with Gasteiger partial charge in [-0.2, -0.15) is 5.10 Å². The minimum atomic E-state index is -3.65. The van der Waals surface area contributed by atoms with Gasteiger partial charge in [0.05, 0.1) is 11.1 Å². The average molecular weight is 378 g/mol. The molecule has 7 heteroatoms. The zero-order chi connectivity index (χ0) is 18.9. The van der Waals surface area contributed by atoms with Crippen molar-refractivity contribution in [2.75, 3.05) is 0 Å². The van der Waals surface area contributed by atoms with Gasteiger partial charge in [0, 0.05) is 48.7 Å². The van der Waals surface area contributed by atoms with E-state index in [1.807, 2.05) is 49.6 Å². The lowest BCUT2D eigenvalue weighted by Crippen LogP contribution is -2.23. The molecule has 2 aromatic carbocycles. The second-order valence-corrected chi connectivity index (χ2v) is 8.02. The third kappa shape index (κ3) is 3.60. The van der Waals surface area contributed by atoms with Gasteiger partial charge in [0.15, 0.2) is 0 Å². The van der Waals surface area contributed by atoms with E-state index < -0.39 is 10.0 Å². The molecule has 0 atom stereocenters. The van der Waals surface area contributed by atoms with Crippen LogP contribution in [0.25, 0.3) is 21.9 Å². The maximum Gasteiger partial charge on any atom is 0.241 e. The Morgan fingerprint density at radius 2 is 1.81 bits per heavy atom. The first-order valence-electron chi connectivity index (χ1n) is 8.43. The van der Waals surface area contributed by atoms with Gasteiger partial charge in [-0.1, -0.05) is 36.4 Å². The summed E-state index contributed by atoms with van der Waals surface area (Å²) in [6.45, 7) is 0.159. The van der Waals surface area contributed by atoms with E-state index in [9.17, 15) is 8.42 Å². The number of nitrogens with one attached hydrogen (secondary N) is 1. The third-order valence-corrected chi connectivity index (χ3v) is 5.80. The molecule has 1 N–H and O–H groups in total. The van der Waals surface area contributed by atoms with E-state index in [0.717, 1.165) is 22.1 Å². The Balaban J connectivity index is 1.59. The van der Waals surface area contributed by atoms with E-state index in [4.69, 9.17) is 0 Å². The normalized spacial score (nSPS) is 11.7. The SMILES string of the molecule is Cn1cc(-c2cncc(CNS(=O)(=O)c3cccc4ccccc34)c2)cn1. The highest BCUT2D eigenvalue weighted by Crippen LogP contribution is 2.23. The van der Waals surface area contributed by atoms with Gasteiger partial charge in [0.2, 0.25) is 10.0 Å². The summed E-state index contributed by atoms with van der Waals surface area (Å²) in [6.07, 6.45) is 7.04. The second-order valence-electron chi connectivity index (χ2n) is 6.29. The van der Waals surface area contributed by atoms with Crippen LogP contribution in [0.15, 0.2) is 78.2 Å². The predicted octanol–water partition coefficient (Wildman–Crippen LogP) is 3.11. The minimum absolute atomic E-state index is 0.159. The molecule has 0 saturated heterocycles. The highest BCUT2D eigenvalue weighted by Gasteiger charge is 2.17. The Hall–Kier alpha value is -3.03. The van der Waals surface area contributed by atoms with Crippen LogP contribution in [-0.4, -0.2) is 23.2 Å². The molecule has 27 heavy (non-hydrogen) atoms. The number of rotatable bonds is 5. The Morgan fingerprint density at radius 3 is 2.63 bits per heavy atom. The second kappa shape index (κ2) is 6.94. The van der Waals surface area contributed by atoms with Crippen LogP contribution in [0.3, 0.4) is 0 Å². The first kappa shape index (κ1) is 17.4. The molecule has 0 saturated carbocycles. The van der Waals surface area contributed by atoms with Gasteiger partial charge in [-0.3, -0.25) is 9.67 Å². The molecule has 0 radical (unpaired) electrons. The lowest BCUT2D eigenvalue weighted by Gasteiger charge is -2.10. The average Bonchev–Trinajstić information content (AvgIpc) is 3.13. The number of benzene rings is 2. The molecule has 2 aromatic heterocycles. The molecule has 0 spiro atoms. The van der Waals surface area contributed by atoms with E-state index in [2.05, 4.69) is 14.8 Å². The first-order chi connectivity index (χ1) is 13.0. The standard InChI is InChI=1S/C20H18N4O2S/c1-24-14-18(13-22-24)17-9-15(10-21-12-17)11-23-27(25,26)20-8-4-6-16-5-2-3-7-19(16)20/h2-10,12-14,23H,11H2,1H3. The van der Waals surface area contributed by atoms with Crippen molar-refractivity contribution in [3.63, 3.8) is 0 Å². The van der Waals surface area contributed by atoms with Crippen LogP contribution >= 0.6 is 0 Å². The van der Waals surface area contributed by atoms with Gasteiger partial charge in [-0.15, -0.1) is 0 Å². The fourth-order valence-corrected chi connectivity index (χ4v) is 4.24. The van der Waals surface area contributed by atoms with Crippen molar-refractivity contribution in [3.05, 3.63) is 78.9 Å². The molecule has 4 aromatic rings. The number of aryl methyl sites for hydroxylation is 1. The molecule has 4 rings (SSSR count). The number of fused-ring (bicyclic) bond motifs is 1. The Bertz CT molecular complexity index is 1210. The summed E-state index contributed by atoms with van der Waals surface area (Å²) in [7, 11) is -1.81. The largest absolute Gasteiger partial charge is 0.275 e. The van der Waals surface area contributed by atoms with Gasteiger partial charge in [0.1, 0.15) is 0 Å². The number of hydrogen-bond donors (Lipinski definition) is 1. The molecule has 0 fully saturated rings. The zero-order valence-corrected chi connectivity index (χ0v) is 15.5. The summed E-state index contributed by atoms with van der Waals surface area (Å²) in [5, 5.41) is 5.75. The van der Waals surface area contributed by atoms with E-state index >= 15 is 0 Å². The summed E-state index contributed by atoms with van der Waals surface area (Å²) in [4.78, 5) is 4.50. The molecular weight excluding hydrogens is 360 g/mol. The maximum absolute atomic E-state index is 12.8. The van der Waals surface area contributed by atoms with Crippen molar-refractivity contribution >= 4 is 20.8 Å². The highest BCUT2D eigenvalue weighted by molar-refractivity contribution is 7.89. The van der Waals surface area contributed by atoms with Crippen LogP contribution in [0.2, 0.25) is 0 Å². The zero-order valence-electron chi connectivity index (χ0n) is 14.7. The monoisotopic (exact) mass is 378 g/mol. The van der Waals surface area contributed by atoms with Crippen LogP contribution in [0, 0.1) is 0 Å². The molecule has 136 valence electrons. The molecule has 0 aliphatic carbocycles. The summed E-state index contributed by atoms with van der Waals surface area (Å²) in [5.74, 6) is 0. The Morgan fingerprint density at radius 1 is 1.00 bits per heavy atom. The number of pyridine rings is 1. The van der Waals surface area contributed by atoms with Crippen molar-refractivity contribution in [2.24, 2.45) is 7.05 Å². The van der Waals surface area contributed by atoms with E-state index in [1.165, 1.54) is 0 Å². The lowest BCUT2D eigenvalue weighted by atomic mass is 10.1. The number of nitrogens with zero attached hydrogens (tertiary/aromatic N) is 3. The number of hydrogen-bond acceptors (Lipinski definition) is 4. The number of sulfonamides is 1. The summed E-state index contributed by atoms with van der Waals surface area (Å²) >= 11 is 0. The van der Waals surface area contributed by atoms with Crippen molar-refractivity contribution in [3.8, 4) is 11.1 Å². The van der Waals surface area contributed by atoms with Gasteiger partial charge < -0.3 is 0 Å². The van der Waals surface area contributed by atoms with Gasteiger partial charge in [-0.25, -0.2) is 13.1 Å². The van der Waals surface area contributed by atoms with Crippen LogP contribution in [0.4, 0.5) is 0 Å². The van der Waals surface area contributed by atoms with E-state index in [1.54, 1.807) is 35.4 Å². The van der Waals surface area contributed by atoms with Crippen LogP contribution < -0.4 is 4.72 Å². The van der Waals surface area contributed by atoms with Crippen LogP contribution in [-0.2, 0) is 23.6 Å². The maximum atomic E-state index is 12.8. The van der Waals surface area contributed by atoms with Crippen molar-refractivity contribution < 1.29 is 8.42 Å². The fraction of sp³-hybridized carbons (Fsp3) is 0.100. The van der Waals surface area contributed by atoms with Crippen molar-refractivity contribution in [2.45, 2.75) is 11.4 Å². The van der Waals surface area contributed by atoms with Crippen LogP contribution in [0.5, 0.6) is 0 Å². The molecular formula is C20H18N4O2S. The Kier molecular flexibility index (Phi) is 4.47. The van der Waals surface area contributed by atoms with Gasteiger partial charge in [0.25, 0.3) is 0 Å². The molecule has 0 bridgehead atoms. The lowest BCUT2D eigenvalue weighted by molar-refractivity contribution is 0.582. The molecule has 0 unspecified atom stereocenters. The molecule has 6 nitrogen and oxygen atoms in total. The van der Waals surface area contributed by atoms with E-state index in [0.29, 0.717) is 5.39 Å². The topological polar surface area (TPSA) is 76.9 Å². The first-order valence-corrected chi connectivity index (χ1v) is 9.92. The third-order valence-electron chi connectivity index (χ3n) is 4.34. The smallest absolute Gasteiger partial charge is 0.241 e. The van der Waals surface area contributed by atoms with Crippen molar-refractivity contribution in [1.29, 1.82) is 0 Å². The van der Waals surface area contributed by atoms with E-state index in [-0.39, 0.29) is 11.4 Å². The summed E-state index contributed by atoms with van der Waals surface area (Å²) < 4.78 is 30.1. The summed E-state index contributed by atoms with van der Waals surface area (Å²) in [6, 6.07) is 14.6. The molecule has 0 aliphatic rings. The van der Waals surface area contributed by atoms with Crippen LogP contribution in [0.1, 0.15) is 5.56 Å². The minimum Gasteiger partial charge on any atom is -0.275 e. The molecule has 0 aliphatic heterocycles. The van der Waals surface area contributed by atoms with Crippen molar-refractivity contribution in [1.82, 2.24) is 19.5 Å². The fourth-order valence-electron chi connectivity index (χ4n) is 3.00. The van der Waals surface area contributed by atoms with Gasteiger partial charge >= 0.3 is 0 Å². The summed E-state index contributed by atoms with van der Waals surface area (Å²) in [5.41, 5.74) is 2.61. The quantitative estimate of drug-likeness (QED) is 0.579. The molecule has 0 amide bonds. The number of aromatic nitrogens is 3. The predicted molar refractivity (Wildman–Crippen MR) is 104 cm³/mol. The van der Waals surface area contributed by atoms with Gasteiger partial charge in [-0.05, 0) is 23.1 Å².